The maximum Gasteiger partial charge on any atom is 0.342 e. The van der Waals surface area contributed by atoms with Crippen molar-refractivity contribution < 1.29 is 13.9 Å². The molecule has 2 aromatic carbocycles. The molecule has 0 aliphatic carbocycles. The van der Waals surface area contributed by atoms with Crippen LogP contribution in [0.3, 0.4) is 0 Å². The number of rotatable bonds is 5. The zero-order valence-corrected chi connectivity index (χ0v) is 12.9. The van der Waals surface area contributed by atoms with E-state index < -0.39 is 18.2 Å². The monoisotopic (exact) mass is 321 g/mol. The van der Waals surface area contributed by atoms with Gasteiger partial charge in [0.2, 0.25) is 6.17 Å². The molecule has 0 aromatic heterocycles. The first-order valence-corrected chi connectivity index (χ1v) is 7.21. The van der Waals surface area contributed by atoms with Gasteiger partial charge in [-0.1, -0.05) is 48.0 Å². The van der Waals surface area contributed by atoms with Gasteiger partial charge in [0.25, 0.3) is 0 Å². The third-order valence-electron chi connectivity index (χ3n) is 3.39. The number of carbonyl (C=O) groups is 1. The second-order valence-corrected chi connectivity index (χ2v) is 5.44. The largest absolute Gasteiger partial charge is 0.467 e. The van der Waals surface area contributed by atoms with Crippen molar-refractivity contribution in [2.75, 3.05) is 7.11 Å². The molecule has 0 bridgehead atoms. The van der Waals surface area contributed by atoms with E-state index in [-0.39, 0.29) is 6.42 Å². The van der Waals surface area contributed by atoms with Crippen molar-refractivity contribution in [2.24, 2.45) is 5.73 Å². The highest BCUT2D eigenvalue weighted by Gasteiger charge is 2.25. The number of carbonyl (C=O) groups excluding carboxylic acids is 1. The zero-order chi connectivity index (χ0) is 16.1. The summed E-state index contributed by atoms with van der Waals surface area (Å²) in [5, 5.41) is 0.668. The van der Waals surface area contributed by atoms with E-state index in [2.05, 4.69) is 4.74 Å². The SMILES string of the molecule is COC(=O)[C@H](F)[C@H](N)Cc1ccc(-c2cccc(Cl)c2)cc1. The fourth-order valence-corrected chi connectivity index (χ4v) is 2.35. The van der Waals surface area contributed by atoms with Gasteiger partial charge in [0.05, 0.1) is 13.2 Å². The fourth-order valence-electron chi connectivity index (χ4n) is 2.16. The molecule has 0 aliphatic rings. The van der Waals surface area contributed by atoms with Crippen molar-refractivity contribution in [2.45, 2.75) is 18.6 Å². The molecule has 3 nitrogen and oxygen atoms in total. The second-order valence-electron chi connectivity index (χ2n) is 5.00. The van der Waals surface area contributed by atoms with E-state index in [0.717, 1.165) is 23.8 Å². The summed E-state index contributed by atoms with van der Waals surface area (Å²) in [4.78, 5) is 11.1. The predicted molar refractivity (Wildman–Crippen MR) is 85.5 cm³/mol. The molecule has 2 aromatic rings. The topological polar surface area (TPSA) is 52.3 Å². The Morgan fingerprint density at radius 2 is 1.91 bits per heavy atom. The van der Waals surface area contributed by atoms with Crippen LogP contribution in [0.5, 0.6) is 0 Å². The van der Waals surface area contributed by atoms with Crippen molar-refractivity contribution in [1.29, 1.82) is 0 Å². The minimum atomic E-state index is -1.82. The number of ether oxygens (including phenoxy) is 1. The number of nitrogens with two attached hydrogens (primary N) is 1. The van der Waals surface area contributed by atoms with Gasteiger partial charge in [0, 0.05) is 5.02 Å². The Morgan fingerprint density at radius 3 is 2.50 bits per heavy atom. The Labute approximate surface area is 133 Å². The van der Waals surface area contributed by atoms with Gasteiger partial charge in [-0.25, -0.2) is 9.18 Å². The first-order chi connectivity index (χ1) is 10.5. The van der Waals surface area contributed by atoms with Gasteiger partial charge in [0.1, 0.15) is 0 Å². The maximum atomic E-state index is 13.7. The average molecular weight is 322 g/mol. The highest BCUT2D eigenvalue weighted by Crippen LogP contribution is 2.23. The number of methoxy groups -OCH3 is 1. The Bertz CT molecular complexity index is 645. The Hall–Kier alpha value is -1.91. The van der Waals surface area contributed by atoms with Gasteiger partial charge >= 0.3 is 5.97 Å². The predicted octanol–water partition coefficient (Wildman–Crippen LogP) is 3.39. The average Bonchev–Trinajstić information content (AvgIpc) is 2.54. The molecule has 0 fully saturated rings. The number of esters is 1. The van der Waals surface area contributed by atoms with E-state index in [1.165, 1.54) is 0 Å². The molecule has 0 amide bonds. The summed E-state index contributed by atoms with van der Waals surface area (Å²) >= 11 is 5.97. The van der Waals surface area contributed by atoms with Gasteiger partial charge in [-0.2, -0.15) is 0 Å². The quantitative estimate of drug-likeness (QED) is 0.859. The molecule has 5 heteroatoms. The lowest BCUT2D eigenvalue weighted by Crippen LogP contribution is -2.39. The van der Waals surface area contributed by atoms with Crippen LogP contribution in [0.25, 0.3) is 11.1 Å². The van der Waals surface area contributed by atoms with Gasteiger partial charge < -0.3 is 10.5 Å². The van der Waals surface area contributed by atoms with Crippen molar-refractivity contribution in [3.63, 3.8) is 0 Å². The Morgan fingerprint density at radius 1 is 1.23 bits per heavy atom. The fraction of sp³-hybridized carbons (Fsp3) is 0.235. The molecule has 0 spiro atoms. The van der Waals surface area contributed by atoms with Crippen LogP contribution in [0.1, 0.15) is 5.56 Å². The highest BCUT2D eigenvalue weighted by atomic mass is 35.5. The summed E-state index contributed by atoms with van der Waals surface area (Å²) in [5.41, 5.74) is 8.56. The van der Waals surface area contributed by atoms with Crippen LogP contribution in [-0.2, 0) is 16.0 Å². The van der Waals surface area contributed by atoms with Crippen LogP contribution in [0.15, 0.2) is 48.5 Å². The second kappa shape index (κ2) is 7.38. The van der Waals surface area contributed by atoms with Crippen molar-refractivity contribution >= 4 is 17.6 Å². The zero-order valence-electron chi connectivity index (χ0n) is 12.1. The summed E-state index contributed by atoms with van der Waals surface area (Å²) in [6.45, 7) is 0. The molecule has 0 heterocycles. The number of hydrogen-bond acceptors (Lipinski definition) is 3. The molecule has 0 aliphatic heterocycles. The van der Waals surface area contributed by atoms with Crippen LogP contribution in [0.4, 0.5) is 4.39 Å². The number of alkyl halides is 1. The molecule has 22 heavy (non-hydrogen) atoms. The van der Waals surface area contributed by atoms with Gasteiger partial charge in [-0.05, 0) is 35.2 Å². The summed E-state index contributed by atoms with van der Waals surface area (Å²) < 4.78 is 18.0. The van der Waals surface area contributed by atoms with Gasteiger partial charge in [0.15, 0.2) is 0 Å². The Kier molecular flexibility index (Phi) is 5.52. The molecule has 2 rings (SSSR count). The van der Waals surface area contributed by atoms with Crippen LogP contribution in [0.2, 0.25) is 5.02 Å². The number of benzene rings is 2. The molecular formula is C17H17ClFNO2. The summed E-state index contributed by atoms with van der Waals surface area (Å²) in [7, 11) is 1.14. The third kappa shape index (κ3) is 4.06. The van der Waals surface area contributed by atoms with Crippen LogP contribution < -0.4 is 5.73 Å². The van der Waals surface area contributed by atoms with Crippen LogP contribution >= 0.6 is 11.6 Å². The standard InChI is InChI=1S/C17H17ClFNO2/c1-22-17(21)16(19)15(20)9-11-5-7-12(8-6-11)13-3-2-4-14(18)10-13/h2-8,10,15-16H,9,20H2,1H3/t15-,16-/m1/s1. The smallest absolute Gasteiger partial charge is 0.342 e. The van der Waals surface area contributed by atoms with Crippen LogP contribution in [0, 0.1) is 0 Å². The van der Waals surface area contributed by atoms with E-state index in [1.54, 1.807) is 0 Å². The molecule has 2 N–H and O–H groups in total. The molecular weight excluding hydrogens is 305 g/mol. The van der Waals surface area contributed by atoms with Gasteiger partial charge in [-0.15, -0.1) is 0 Å². The molecule has 116 valence electrons. The van der Waals surface area contributed by atoms with E-state index in [1.807, 2.05) is 48.5 Å². The lowest BCUT2D eigenvalue weighted by Gasteiger charge is -2.15. The minimum absolute atomic E-state index is 0.256. The van der Waals surface area contributed by atoms with Crippen molar-refractivity contribution in [3.05, 3.63) is 59.1 Å². The lowest BCUT2D eigenvalue weighted by atomic mass is 9.99. The van der Waals surface area contributed by atoms with Gasteiger partial charge in [-0.3, -0.25) is 0 Å². The van der Waals surface area contributed by atoms with E-state index >= 15 is 0 Å². The summed E-state index contributed by atoms with van der Waals surface area (Å²) in [6, 6.07) is 14.2. The Balaban J connectivity index is 2.08. The maximum absolute atomic E-state index is 13.7. The highest BCUT2D eigenvalue weighted by molar-refractivity contribution is 6.30. The molecule has 0 radical (unpaired) electrons. The van der Waals surface area contributed by atoms with E-state index in [4.69, 9.17) is 17.3 Å². The molecule has 0 saturated carbocycles. The molecule has 2 atom stereocenters. The minimum Gasteiger partial charge on any atom is -0.467 e. The molecule has 0 saturated heterocycles. The van der Waals surface area contributed by atoms with E-state index in [9.17, 15) is 9.18 Å². The first-order valence-electron chi connectivity index (χ1n) is 6.83. The number of hydrogen-bond donors (Lipinski definition) is 1. The summed E-state index contributed by atoms with van der Waals surface area (Å²) in [6.07, 6.45) is -1.57. The lowest BCUT2D eigenvalue weighted by molar-refractivity contribution is -0.147. The summed E-state index contributed by atoms with van der Waals surface area (Å²) in [5.74, 6) is -0.942. The van der Waals surface area contributed by atoms with Crippen molar-refractivity contribution in [3.8, 4) is 11.1 Å². The van der Waals surface area contributed by atoms with E-state index in [0.29, 0.717) is 5.02 Å². The molecule has 0 unspecified atom stereocenters. The third-order valence-corrected chi connectivity index (χ3v) is 3.62. The normalized spacial score (nSPS) is 13.5. The number of halogens is 2. The first kappa shape index (κ1) is 16.5. The van der Waals surface area contributed by atoms with Crippen molar-refractivity contribution in [1.82, 2.24) is 0 Å². The van der Waals surface area contributed by atoms with Crippen LogP contribution in [-0.4, -0.2) is 25.3 Å².